The van der Waals surface area contributed by atoms with Crippen molar-refractivity contribution < 1.29 is 9.21 Å². The van der Waals surface area contributed by atoms with Crippen LogP contribution in [-0.2, 0) is 0 Å². The molecule has 5 heteroatoms. The van der Waals surface area contributed by atoms with Crippen LogP contribution in [-0.4, -0.2) is 30.5 Å². The van der Waals surface area contributed by atoms with Gasteiger partial charge in [0.15, 0.2) is 5.76 Å². The van der Waals surface area contributed by atoms with Gasteiger partial charge in [-0.2, -0.15) is 0 Å². The minimum Gasteiger partial charge on any atom is -0.463 e. The fraction of sp³-hybridized carbons (Fsp3) is 0.444. The lowest BCUT2D eigenvalue weighted by molar-refractivity contribution is 0.0949. The van der Waals surface area contributed by atoms with Crippen molar-refractivity contribution in [2.75, 3.05) is 19.6 Å². The molecule has 0 radical (unpaired) electrons. The lowest BCUT2D eigenvalue weighted by Crippen LogP contribution is -2.33. The molecular weight excluding hydrogens is 290 g/mol. The maximum absolute atomic E-state index is 12.3. The van der Waals surface area contributed by atoms with Gasteiger partial charge in [0.25, 0.3) is 5.91 Å². The van der Waals surface area contributed by atoms with Crippen molar-refractivity contribution in [1.29, 1.82) is 0 Å². The molecule has 2 aromatic rings. The molecule has 0 spiro atoms. The van der Waals surface area contributed by atoms with Gasteiger partial charge in [-0.05, 0) is 69.5 Å². The van der Waals surface area contributed by atoms with Gasteiger partial charge in [0.2, 0.25) is 0 Å². The number of hydrogen-bond donors (Lipinski definition) is 2. The molecule has 2 N–H and O–H groups in total. The van der Waals surface area contributed by atoms with E-state index in [1.165, 1.54) is 12.8 Å². The van der Waals surface area contributed by atoms with Crippen LogP contribution < -0.4 is 10.6 Å². The fourth-order valence-electron chi connectivity index (χ4n) is 3.02. The Balaban J connectivity index is 1.56. The van der Waals surface area contributed by atoms with Crippen LogP contribution in [0.4, 0.5) is 0 Å². The zero-order valence-corrected chi connectivity index (χ0v) is 13.5. The Hall–Kier alpha value is -2.14. The van der Waals surface area contributed by atoms with E-state index in [4.69, 9.17) is 4.42 Å². The van der Waals surface area contributed by atoms with Gasteiger partial charge in [0.1, 0.15) is 5.69 Å². The number of furan rings is 1. The Morgan fingerprint density at radius 3 is 3.04 bits per heavy atom. The molecule has 1 aliphatic rings. The molecule has 1 unspecified atom stereocenters. The van der Waals surface area contributed by atoms with Crippen molar-refractivity contribution in [2.24, 2.45) is 5.92 Å². The average molecular weight is 313 g/mol. The lowest BCUT2D eigenvalue weighted by Gasteiger charge is -2.22. The summed E-state index contributed by atoms with van der Waals surface area (Å²) in [4.78, 5) is 16.8. The molecular formula is C18H23N3O2. The summed E-state index contributed by atoms with van der Waals surface area (Å²) in [5.74, 6) is 1.33. The molecule has 1 atom stereocenters. The van der Waals surface area contributed by atoms with Crippen LogP contribution >= 0.6 is 0 Å². The number of piperidine rings is 1. The number of aryl methyl sites for hydroxylation is 1. The molecule has 1 saturated heterocycles. The van der Waals surface area contributed by atoms with Gasteiger partial charge in [0, 0.05) is 6.54 Å². The van der Waals surface area contributed by atoms with Gasteiger partial charge < -0.3 is 15.1 Å². The quantitative estimate of drug-likeness (QED) is 0.891. The number of nitrogens with one attached hydrogen (secondary N) is 2. The van der Waals surface area contributed by atoms with Crippen molar-refractivity contribution in [3.8, 4) is 11.5 Å². The molecule has 122 valence electrons. The monoisotopic (exact) mass is 313 g/mol. The zero-order chi connectivity index (χ0) is 16.1. The highest BCUT2D eigenvalue weighted by atomic mass is 16.3. The predicted octanol–water partition coefficient (Wildman–Crippen LogP) is 2.77. The van der Waals surface area contributed by atoms with E-state index in [-0.39, 0.29) is 5.91 Å². The first-order valence-corrected chi connectivity index (χ1v) is 8.24. The number of hydrogen-bond acceptors (Lipinski definition) is 4. The van der Waals surface area contributed by atoms with E-state index in [2.05, 4.69) is 15.6 Å². The first kappa shape index (κ1) is 15.7. The van der Waals surface area contributed by atoms with Crippen LogP contribution in [0.25, 0.3) is 11.5 Å². The number of amides is 1. The molecule has 3 heterocycles. The molecule has 1 fully saturated rings. The second-order valence-electron chi connectivity index (χ2n) is 6.06. The van der Waals surface area contributed by atoms with E-state index in [0.717, 1.165) is 30.9 Å². The third kappa shape index (κ3) is 3.99. The number of rotatable bonds is 5. The first-order chi connectivity index (χ1) is 11.2. The van der Waals surface area contributed by atoms with Gasteiger partial charge >= 0.3 is 0 Å². The van der Waals surface area contributed by atoms with Crippen molar-refractivity contribution in [2.45, 2.75) is 26.2 Å². The smallest absolute Gasteiger partial charge is 0.253 e. The van der Waals surface area contributed by atoms with Crippen LogP contribution in [0.15, 0.2) is 34.9 Å². The molecule has 0 aliphatic carbocycles. The van der Waals surface area contributed by atoms with E-state index in [0.29, 0.717) is 23.8 Å². The molecule has 0 aromatic carbocycles. The summed E-state index contributed by atoms with van der Waals surface area (Å²) in [6.07, 6.45) is 5.12. The predicted molar refractivity (Wildman–Crippen MR) is 89.2 cm³/mol. The van der Waals surface area contributed by atoms with Crippen molar-refractivity contribution in [3.05, 3.63) is 41.8 Å². The summed E-state index contributed by atoms with van der Waals surface area (Å²) in [5.41, 5.74) is 2.09. The molecule has 1 aliphatic heterocycles. The second kappa shape index (κ2) is 7.42. The molecule has 0 bridgehead atoms. The highest BCUT2D eigenvalue weighted by Gasteiger charge is 2.15. The van der Waals surface area contributed by atoms with E-state index in [1.54, 1.807) is 6.26 Å². The largest absolute Gasteiger partial charge is 0.463 e. The Labute approximate surface area is 136 Å². The van der Waals surface area contributed by atoms with Gasteiger partial charge in [-0.1, -0.05) is 0 Å². The number of nitrogens with zero attached hydrogens (tertiary/aromatic N) is 1. The fourth-order valence-corrected chi connectivity index (χ4v) is 3.02. The minimum absolute atomic E-state index is 0.0511. The standard InChI is InChI=1S/C18H23N3O2/c1-13-15(6-7-16(21-13)17-5-3-11-23-17)18(22)20-10-8-14-4-2-9-19-12-14/h3,5-7,11,14,19H,2,4,8-10,12H2,1H3,(H,20,22). The highest BCUT2D eigenvalue weighted by Crippen LogP contribution is 2.19. The van der Waals surface area contributed by atoms with Crippen molar-refractivity contribution in [1.82, 2.24) is 15.6 Å². The van der Waals surface area contributed by atoms with Crippen LogP contribution in [0.5, 0.6) is 0 Å². The van der Waals surface area contributed by atoms with Gasteiger partial charge in [-0.3, -0.25) is 4.79 Å². The summed E-state index contributed by atoms with van der Waals surface area (Å²) in [6, 6.07) is 7.33. The number of carbonyl (C=O) groups is 1. The Bertz CT molecular complexity index is 646. The zero-order valence-electron chi connectivity index (χ0n) is 13.5. The Morgan fingerprint density at radius 2 is 2.35 bits per heavy atom. The van der Waals surface area contributed by atoms with Crippen molar-refractivity contribution >= 4 is 5.91 Å². The lowest BCUT2D eigenvalue weighted by atomic mass is 9.96. The molecule has 1 amide bonds. The van der Waals surface area contributed by atoms with E-state index in [1.807, 2.05) is 31.2 Å². The van der Waals surface area contributed by atoms with Gasteiger partial charge in [-0.15, -0.1) is 0 Å². The third-order valence-corrected chi connectivity index (χ3v) is 4.34. The summed E-state index contributed by atoms with van der Waals surface area (Å²) in [7, 11) is 0. The third-order valence-electron chi connectivity index (χ3n) is 4.34. The van der Waals surface area contributed by atoms with Crippen LogP contribution in [0.2, 0.25) is 0 Å². The topological polar surface area (TPSA) is 67.2 Å². The first-order valence-electron chi connectivity index (χ1n) is 8.24. The number of carbonyl (C=O) groups excluding carboxylic acids is 1. The highest BCUT2D eigenvalue weighted by molar-refractivity contribution is 5.95. The molecule has 0 saturated carbocycles. The van der Waals surface area contributed by atoms with E-state index in [9.17, 15) is 4.79 Å². The second-order valence-corrected chi connectivity index (χ2v) is 6.06. The van der Waals surface area contributed by atoms with Gasteiger partial charge in [-0.25, -0.2) is 4.98 Å². The normalized spacial score (nSPS) is 17.9. The summed E-state index contributed by atoms with van der Waals surface area (Å²) < 4.78 is 5.34. The minimum atomic E-state index is -0.0511. The van der Waals surface area contributed by atoms with Crippen LogP contribution in [0.1, 0.15) is 35.3 Å². The Kier molecular flexibility index (Phi) is 5.08. The van der Waals surface area contributed by atoms with Crippen LogP contribution in [0.3, 0.4) is 0 Å². The summed E-state index contributed by atoms with van der Waals surface area (Å²) >= 11 is 0. The molecule has 3 rings (SSSR count). The van der Waals surface area contributed by atoms with E-state index >= 15 is 0 Å². The molecule has 2 aromatic heterocycles. The van der Waals surface area contributed by atoms with E-state index < -0.39 is 0 Å². The molecule has 23 heavy (non-hydrogen) atoms. The van der Waals surface area contributed by atoms with Gasteiger partial charge in [0.05, 0.1) is 17.5 Å². The SMILES string of the molecule is Cc1nc(-c2ccco2)ccc1C(=O)NCCC1CCCNC1. The summed E-state index contributed by atoms with van der Waals surface area (Å²) in [6.45, 7) is 4.75. The van der Waals surface area contributed by atoms with Crippen molar-refractivity contribution in [3.63, 3.8) is 0 Å². The maximum Gasteiger partial charge on any atom is 0.253 e. The Morgan fingerprint density at radius 1 is 1.43 bits per heavy atom. The van der Waals surface area contributed by atoms with Crippen LogP contribution in [0, 0.1) is 12.8 Å². The average Bonchev–Trinajstić information content (AvgIpc) is 3.10. The number of pyridine rings is 1. The number of aromatic nitrogens is 1. The summed E-state index contributed by atoms with van der Waals surface area (Å²) in [5, 5.41) is 6.41. The maximum atomic E-state index is 12.3. The molecule has 5 nitrogen and oxygen atoms in total.